The smallest absolute Gasteiger partial charge is 0.338 e. The first-order valence-electron chi connectivity index (χ1n) is 10.4. The first-order valence-corrected chi connectivity index (χ1v) is 10.4. The topological polar surface area (TPSA) is 186 Å². The van der Waals surface area contributed by atoms with E-state index in [1.807, 2.05) is 0 Å². The Morgan fingerprint density at radius 2 is 1.15 bits per heavy atom. The van der Waals surface area contributed by atoms with Gasteiger partial charge in [-0.15, -0.1) is 5.06 Å². The number of ether oxygens (including phenoxy) is 2. The Kier molecular flexibility index (Phi) is 12.0. The zero-order valence-corrected chi connectivity index (χ0v) is 20.9. The molecule has 2 rings (SSSR count). The molecule has 0 spiro atoms. The van der Waals surface area contributed by atoms with Gasteiger partial charge in [-0.25, -0.2) is 20.3 Å². The molecule has 0 radical (unpaired) electrons. The fourth-order valence-electron chi connectivity index (χ4n) is 2.29. The Morgan fingerprint density at radius 1 is 0.794 bits per heavy atom. The van der Waals surface area contributed by atoms with E-state index in [2.05, 4.69) is 16.5 Å². The van der Waals surface area contributed by atoms with Gasteiger partial charge < -0.3 is 9.47 Å². The third-order valence-electron chi connectivity index (χ3n) is 3.70. The third-order valence-corrected chi connectivity index (χ3v) is 3.70. The highest BCUT2D eigenvalue weighted by Gasteiger charge is 2.39. The van der Waals surface area contributed by atoms with Gasteiger partial charge in [0.15, 0.2) is 12.2 Å². The molecule has 34 heavy (non-hydrogen) atoms. The average Bonchev–Trinajstić information content (AvgIpc) is 2.97. The Bertz CT molecular complexity index is 826. The second-order valence-corrected chi connectivity index (χ2v) is 9.04. The van der Waals surface area contributed by atoms with Gasteiger partial charge in [0.2, 0.25) is 0 Å². The normalized spacial score (nSPS) is 14.6. The molecule has 2 amide bonds. The number of hydroxylamine groups is 2. The second kappa shape index (κ2) is 13.1. The van der Waals surface area contributed by atoms with Crippen molar-refractivity contribution in [2.75, 3.05) is 0 Å². The van der Waals surface area contributed by atoms with Crippen LogP contribution in [0.15, 0.2) is 24.3 Å². The number of hydrogen-bond acceptors (Lipinski definition) is 11. The summed E-state index contributed by atoms with van der Waals surface area (Å²) < 4.78 is 10.1. The van der Waals surface area contributed by atoms with E-state index >= 15 is 0 Å². The van der Waals surface area contributed by atoms with Gasteiger partial charge in [-0.2, -0.15) is 0 Å². The molecule has 0 saturated heterocycles. The number of fused-ring (bicyclic) bond motifs is 1. The molecule has 0 aliphatic carbocycles. The number of hydrogen-bond donors (Lipinski definition) is 3. The van der Waals surface area contributed by atoms with Gasteiger partial charge >= 0.3 is 11.9 Å². The highest BCUT2D eigenvalue weighted by atomic mass is 16.7. The van der Waals surface area contributed by atoms with Crippen molar-refractivity contribution >= 4 is 23.8 Å². The van der Waals surface area contributed by atoms with Crippen molar-refractivity contribution in [3.05, 3.63) is 35.4 Å². The van der Waals surface area contributed by atoms with E-state index in [1.54, 1.807) is 53.7 Å². The lowest BCUT2D eigenvalue weighted by Gasteiger charge is -2.23. The van der Waals surface area contributed by atoms with Gasteiger partial charge in [0.25, 0.3) is 11.8 Å². The molecular formula is C22H36N4O8. The molecule has 192 valence electrons. The molecule has 0 bridgehead atoms. The van der Waals surface area contributed by atoms with Crippen molar-refractivity contribution < 1.29 is 38.3 Å². The number of rotatable bonds is 5. The molecule has 0 saturated carbocycles. The van der Waals surface area contributed by atoms with Crippen molar-refractivity contribution in [2.45, 2.75) is 78.8 Å². The van der Waals surface area contributed by atoms with E-state index in [0.717, 1.165) is 0 Å². The van der Waals surface area contributed by atoms with Gasteiger partial charge in [0.1, 0.15) is 11.2 Å². The molecule has 12 heteroatoms. The van der Waals surface area contributed by atoms with E-state index in [1.165, 1.54) is 26.0 Å². The molecular weight excluding hydrogens is 448 g/mol. The molecule has 1 aliphatic heterocycles. The average molecular weight is 485 g/mol. The lowest BCUT2D eigenvalue weighted by Crippen LogP contribution is -2.39. The van der Waals surface area contributed by atoms with Crippen molar-refractivity contribution in [3.63, 3.8) is 0 Å². The van der Waals surface area contributed by atoms with Crippen molar-refractivity contribution in [2.24, 2.45) is 17.6 Å². The van der Waals surface area contributed by atoms with Crippen LogP contribution in [0, 0.1) is 0 Å². The molecule has 1 aliphatic rings. The highest BCUT2D eigenvalue weighted by molar-refractivity contribution is 6.20. The maximum absolute atomic E-state index is 12.1. The van der Waals surface area contributed by atoms with Crippen LogP contribution in [0.25, 0.3) is 0 Å². The third kappa shape index (κ3) is 9.93. The summed E-state index contributed by atoms with van der Waals surface area (Å²) in [5, 5.41) is 0.610. The van der Waals surface area contributed by atoms with E-state index in [4.69, 9.17) is 20.2 Å². The number of imide groups is 1. The Balaban J connectivity index is 0.000000712. The van der Waals surface area contributed by atoms with Gasteiger partial charge in [-0.1, -0.05) is 12.1 Å². The van der Waals surface area contributed by atoms with Crippen LogP contribution in [-0.4, -0.2) is 52.2 Å². The summed E-state index contributed by atoms with van der Waals surface area (Å²) >= 11 is 0. The number of esters is 2. The summed E-state index contributed by atoms with van der Waals surface area (Å²) in [6.45, 7) is 13.5. The Morgan fingerprint density at radius 3 is 1.47 bits per heavy atom. The number of benzene rings is 1. The molecule has 1 aromatic carbocycles. The predicted octanol–water partition coefficient (Wildman–Crippen LogP) is 1.37. The lowest BCUT2D eigenvalue weighted by molar-refractivity contribution is -0.186. The number of nitrogens with two attached hydrogens (primary N) is 3. The van der Waals surface area contributed by atoms with Crippen LogP contribution in [0.3, 0.4) is 0 Å². The first kappa shape index (κ1) is 31.1. The van der Waals surface area contributed by atoms with E-state index in [-0.39, 0.29) is 11.1 Å². The van der Waals surface area contributed by atoms with Gasteiger partial charge in [-0.05, 0) is 67.5 Å². The van der Waals surface area contributed by atoms with Crippen molar-refractivity contribution in [3.8, 4) is 0 Å². The quantitative estimate of drug-likeness (QED) is 0.237. The number of hydrazine groups is 1. The molecule has 2 atom stereocenters. The Labute approximate surface area is 199 Å². The summed E-state index contributed by atoms with van der Waals surface area (Å²) in [5.74, 6) is 10.6. The second-order valence-electron chi connectivity index (χ2n) is 9.04. The Hall–Kier alpha value is -2.90. The molecule has 1 aromatic rings. The zero-order chi connectivity index (χ0) is 26.9. The predicted molar refractivity (Wildman–Crippen MR) is 122 cm³/mol. The van der Waals surface area contributed by atoms with E-state index < -0.39 is 47.2 Å². The highest BCUT2D eigenvalue weighted by Crippen LogP contribution is 2.23. The number of amides is 2. The monoisotopic (exact) mass is 484 g/mol. The summed E-state index contributed by atoms with van der Waals surface area (Å²) in [6, 6.07) is 6.39. The van der Waals surface area contributed by atoms with Crippen LogP contribution >= 0.6 is 0 Å². The van der Waals surface area contributed by atoms with Crippen LogP contribution in [0.5, 0.6) is 0 Å². The van der Waals surface area contributed by atoms with Gasteiger partial charge in [0, 0.05) is 0 Å². The van der Waals surface area contributed by atoms with Crippen LogP contribution < -0.4 is 17.6 Å². The van der Waals surface area contributed by atoms with Crippen LogP contribution in [0.1, 0.15) is 76.1 Å². The fraction of sp³-hybridized carbons (Fsp3) is 0.545. The standard InChI is InChI=1S/C15H17NO5.C7H15NO3.H4N2/c1-9(14(19)20-15(2,3)4)21-16-12(17)10-7-5-6-8-11(10)13(16)18;1-5(11-8)6(9)10-7(2,3)4;1-2/h5-9H,1-4H3;5H,8H2,1-4H3;1-2H2. The largest absolute Gasteiger partial charge is 0.458 e. The van der Waals surface area contributed by atoms with E-state index in [9.17, 15) is 19.2 Å². The molecule has 6 N–H and O–H groups in total. The number of nitrogens with zero attached hydrogens (tertiary/aromatic N) is 1. The summed E-state index contributed by atoms with van der Waals surface area (Å²) in [6.07, 6.45) is -1.76. The van der Waals surface area contributed by atoms with Gasteiger partial charge in [0.05, 0.1) is 11.1 Å². The fourth-order valence-corrected chi connectivity index (χ4v) is 2.29. The van der Waals surface area contributed by atoms with Crippen LogP contribution in [0.2, 0.25) is 0 Å². The lowest BCUT2D eigenvalue weighted by atomic mass is 10.1. The molecule has 1 heterocycles. The minimum absolute atomic E-state index is 0.263. The number of carbonyl (C=O) groups excluding carboxylic acids is 4. The summed E-state index contributed by atoms with van der Waals surface area (Å²) in [5.41, 5.74) is -0.626. The van der Waals surface area contributed by atoms with Crippen molar-refractivity contribution in [1.82, 2.24) is 5.06 Å². The van der Waals surface area contributed by atoms with Crippen LogP contribution in [0.4, 0.5) is 0 Å². The summed E-state index contributed by atoms with van der Waals surface area (Å²) in [4.78, 5) is 56.4. The number of carbonyl (C=O) groups is 4. The van der Waals surface area contributed by atoms with Gasteiger partial charge in [-0.3, -0.25) is 26.1 Å². The maximum atomic E-state index is 12.1. The SMILES string of the molecule is CC(ON)C(=O)OC(C)(C)C.CC(ON1C(=O)c2ccccc2C1=O)C(=O)OC(C)(C)C.NN. The van der Waals surface area contributed by atoms with E-state index in [0.29, 0.717) is 5.06 Å². The molecule has 12 nitrogen and oxygen atoms in total. The van der Waals surface area contributed by atoms with Crippen LogP contribution in [-0.2, 0) is 28.7 Å². The molecule has 2 unspecified atom stereocenters. The zero-order valence-electron chi connectivity index (χ0n) is 20.9. The minimum Gasteiger partial charge on any atom is -0.458 e. The minimum atomic E-state index is -1.06. The molecule has 0 aromatic heterocycles. The maximum Gasteiger partial charge on any atom is 0.338 e. The first-order chi connectivity index (χ1) is 15.6. The van der Waals surface area contributed by atoms with Crippen molar-refractivity contribution in [1.29, 1.82) is 0 Å². The molecule has 0 fully saturated rings. The summed E-state index contributed by atoms with van der Waals surface area (Å²) in [7, 11) is 0.